The maximum Gasteiger partial charge on any atom is 0.146 e. The van der Waals surface area contributed by atoms with Crippen LogP contribution < -0.4 is 4.74 Å². The lowest BCUT2D eigenvalue weighted by Crippen LogP contribution is -1.98. The number of pyridine rings is 2. The molecule has 3 nitrogen and oxygen atoms in total. The van der Waals surface area contributed by atoms with E-state index in [1.54, 1.807) is 36.8 Å². The number of ether oxygens (including phenoxy) is 1. The van der Waals surface area contributed by atoms with Crippen LogP contribution in [-0.4, -0.2) is 9.97 Å². The highest BCUT2D eigenvalue weighted by Crippen LogP contribution is 2.49. The molecule has 0 aliphatic heterocycles. The van der Waals surface area contributed by atoms with Gasteiger partial charge in [-0.05, 0) is 25.0 Å². The molecule has 2 heterocycles. The van der Waals surface area contributed by atoms with E-state index >= 15 is 0 Å². The van der Waals surface area contributed by atoms with E-state index < -0.39 is 5.67 Å². The summed E-state index contributed by atoms with van der Waals surface area (Å²) in [6, 6.07) is 4.95. The van der Waals surface area contributed by atoms with Gasteiger partial charge in [-0.2, -0.15) is 0 Å². The van der Waals surface area contributed by atoms with Gasteiger partial charge in [0.15, 0.2) is 0 Å². The fraction of sp³-hybridized carbons (Fsp3) is 0.231. The maximum absolute atomic E-state index is 13.9. The van der Waals surface area contributed by atoms with E-state index in [2.05, 4.69) is 9.97 Å². The third-order valence-corrected chi connectivity index (χ3v) is 3.06. The molecule has 1 aliphatic rings. The molecule has 5 heteroatoms. The lowest BCUT2D eigenvalue weighted by atomic mass is 10.1. The molecule has 2 aromatic heterocycles. The standard InChI is InChI=1S/C13H10ClFN2O/c14-12-6-10(1-4-17-12)18-11-5-9(7-16-8-11)13(15)2-3-13/h1,4-8H,2-3H2. The maximum atomic E-state index is 13.9. The van der Waals surface area contributed by atoms with Crippen LogP contribution in [0.5, 0.6) is 11.5 Å². The summed E-state index contributed by atoms with van der Waals surface area (Å²) < 4.78 is 19.5. The summed E-state index contributed by atoms with van der Waals surface area (Å²) in [6.45, 7) is 0. The number of alkyl halides is 1. The highest BCUT2D eigenvalue weighted by molar-refractivity contribution is 6.29. The van der Waals surface area contributed by atoms with Gasteiger partial charge in [0.05, 0.1) is 6.20 Å². The van der Waals surface area contributed by atoms with Gasteiger partial charge in [0.25, 0.3) is 0 Å². The van der Waals surface area contributed by atoms with Gasteiger partial charge in [-0.25, -0.2) is 9.37 Å². The van der Waals surface area contributed by atoms with Crippen LogP contribution in [0, 0.1) is 0 Å². The Morgan fingerprint density at radius 1 is 1.22 bits per heavy atom. The Labute approximate surface area is 109 Å². The summed E-state index contributed by atoms with van der Waals surface area (Å²) in [7, 11) is 0. The molecule has 92 valence electrons. The topological polar surface area (TPSA) is 35.0 Å². The molecule has 18 heavy (non-hydrogen) atoms. The summed E-state index contributed by atoms with van der Waals surface area (Å²) in [5.41, 5.74) is -0.637. The minimum Gasteiger partial charge on any atom is -0.456 e. The average Bonchev–Trinajstić information content (AvgIpc) is 3.09. The molecule has 0 unspecified atom stereocenters. The minimum absolute atomic E-state index is 0.348. The molecule has 3 rings (SSSR count). The monoisotopic (exact) mass is 264 g/mol. The van der Waals surface area contributed by atoms with Gasteiger partial charge in [0.2, 0.25) is 0 Å². The molecule has 1 fully saturated rings. The second kappa shape index (κ2) is 4.21. The normalized spacial score (nSPS) is 16.3. The van der Waals surface area contributed by atoms with Crippen molar-refractivity contribution in [3.63, 3.8) is 0 Å². The van der Waals surface area contributed by atoms with Crippen molar-refractivity contribution in [1.82, 2.24) is 9.97 Å². The van der Waals surface area contributed by atoms with Crippen LogP contribution in [0.3, 0.4) is 0 Å². The first-order chi connectivity index (χ1) is 8.66. The Bertz CT molecular complexity index is 587. The van der Waals surface area contributed by atoms with Gasteiger partial charge in [-0.3, -0.25) is 4.98 Å². The first kappa shape index (κ1) is 11.4. The molecule has 0 bridgehead atoms. The van der Waals surface area contributed by atoms with Crippen molar-refractivity contribution in [1.29, 1.82) is 0 Å². The average molecular weight is 265 g/mol. The smallest absolute Gasteiger partial charge is 0.146 e. The van der Waals surface area contributed by atoms with Crippen molar-refractivity contribution in [3.05, 3.63) is 47.5 Å². The van der Waals surface area contributed by atoms with Crippen molar-refractivity contribution in [2.45, 2.75) is 18.5 Å². The van der Waals surface area contributed by atoms with Gasteiger partial charge < -0.3 is 4.74 Å². The van der Waals surface area contributed by atoms with E-state index in [9.17, 15) is 4.39 Å². The summed E-state index contributed by atoms with van der Waals surface area (Å²) in [5, 5.41) is 0.348. The Kier molecular flexibility index (Phi) is 2.67. The summed E-state index contributed by atoms with van der Waals surface area (Å²) >= 11 is 5.76. The SMILES string of the molecule is FC1(c2cncc(Oc3ccnc(Cl)c3)c2)CC1. The Morgan fingerprint density at radius 2 is 2.06 bits per heavy atom. The molecule has 0 aromatic carbocycles. The summed E-state index contributed by atoms with van der Waals surface area (Å²) in [4.78, 5) is 7.85. The van der Waals surface area contributed by atoms with Crippen LogP contribution in [0.1, 0.15) is 18.4 Å². The lowest BCUT2D eigenvalue weighted by molar-refractivity contribution is 0.315. The molecule has 2 aromatic rings. The molecule has 0 saturated heterocycles. The van der Waals surface area contributed by atoms with Crippen LogP contribution >= 0.6 is 11.6 Å². The van der Waals surface area contributed by atoms with Gasteiger partial charge in [-0.15, -0.1) is 0 Å². The van der Waals surface area contributed by atoms with Crippen LogP contribution in [0.25, 0.3) is 0 Å². The van der Waals surface area contributed by atoms with Crippen molar-refractivity contribution >= 4 is 11.6 Å². The first-order valence-electron chi connectivity index (χ1n) is 5.60. The third-order valence-electron chi connectivity index (χ3n) is 2.85. The summed E-state index contributed by atoms with van der Waals surface area (Å²) in [6.07, 6.45) is 5.74. The largest absolute Gasteiger partial charge is 0.456 e. The lowest BCUT2D eigenvalue weighted by Gasteiger charge is -2.08. The second-order valence-electron chi connectivity index (χ2n) is 4.29. The fourth-order valence-electron chi connectivity index (χ4n) is 1.70. The van der Waals surface area contributed by atoms with E-state index in [0.717, 1.165) is 0 Å². The number of halogens is 2. The first-order valence-corrected chi connectivity index (χ1v) is 5.97. The van der Waals surface area contributed by atoms with Crippen molar-refractivity contribution in [2.24, 2.45) is 0 Å². The number of hydrogen-bond acceptors (Lipinski definition) is 3. The number of aromatic nitrogens is 2. The zero-order valence-electron chi connectivity index (χ0n) is 9.44. The molecular formula is C13H10ClFN2O. The molecule has 1 aliphatic carbocycles. The van der Waals surface area contributed by atoms with Crippen LogP contribution in [0.4, 0.5) is 4.39 Å². The van der Waals surface area contributed by atoms with E-state index in [1.807, 2.05) is 0 Å². The molecule has 0 amide bonds. The minimum atomic E-state index is -1.21. The number of hydrogen-bond donors (Lipinski definition) is 0. The van der Waals surface area contributed by atoms with E-state index in [1.165, 1.54) is 0 Å². The molecular weight excluding hydrogens is 255 g/mol. The third kappa shape index (κ3) is 2.29. The van der Waals surface area contributed by atoms with Crippen molar-refractivity contribution in [2.75, 3.05) is 0 Å². The van der Waals surface area contributed by atoms with Gasteiger partial charge in [0.1, 0.15) is 22.3 Å². The Hall–Kier alpha value is -1.68. The van der Waals surface area contributed by atoms with Crippen molar-refractivity contribution < 1.29 is 9.13 Å². The molecule has 1 saturated carbocycles. The van der Waals surface area contributed by atoms with Crippen molar-refractivity contribution in [3.8, 4) is 11.5 Å². The van der Waals surface area contributed by atoms with E-state index in [4.69, 9.17) is 16.3 Å². The Balaban J connectivity index is 1.85. The second-order valence-corrected chi connectivity index (χ2v) is 4.68. The fourth-order valence-corrected chi connectivity index (χ4v) is 1.87. The van der Waals surface area contributed by atoms with Crippen LogP contribution in [-0.2, 0) is 5.67 Å². The molecule has 0 radical (unpaired) electrons. The number of rotatable bonds is 3. The zero-order valence-corrected chi connectivity index (χ0v) is 10.2. The molecule has 0 spiro atoms. The Morgan fingerprint density at radius 3 is 2.78 bits per heavy atom. The number of nitrogens with zero attached hydrogens (tertiary/aromatic N) is 2. The van der Waals surface area contributed by atoms with Gasteiger partial charge >= 0.3 is 0 Å². The van der Waals surface area contributed by atoms with E-state index in [-0.39, 0.29) is 0 Å². The summed E-state index contributed by atoms with van der Waals surface area (Å²) in [5.74, 6) is 1.05. The zero-order chi connectivity index (χ0) is 12.6. The predicted molar refractivity (Wildman–Crippen MR) is 65.6 cm³/mol. The van der Waals surface area contributed by atoms with E-state index in [0.29, 0.717) is 35.1 Å². The highest BCUT2D eigenvalue weighted by atomic mass is 35.5. The highest BCUT2D eigenvalue weighted by Gasteiger charge is 2.45. The van der Waals surface area contributed by atoms with Crippen LogP contribution in [0.15, 0.2) is 36.8 Å². The quantitative estimate of drug-likeness (QED) is 0.789. The van der Waals surface area contributed by atoms with Gasteiger partial charge in [-0.1, -0.05) is 11.6 Å². The molecule has 0 N–H and O–H groups in total. The predicted octanol–water partition coefficient (Wildman–Crippen LogP) is 3.88. The van der Waals surface area contributed by atoms with Crippen LogP contribution in [0.2, 0.25) is 5.15 Å². The molecule has 0 atom stereocenters. The van der Waals surface area contributed by atoms with Gasteiger partial charge in [0, 0.05) is 24.0 Å².